The molecule has 82 valence electrons. The number of aryl methyl sites for hydroxylation is 1. The zero-order chi connectivity index (χ0) is 10.8. The fourth-order valence-corrected chi connectivity index (χ4v) is 3.08. The normalized spacial score (nSPS) is 17.9. The Kier molecular flexibility index (Phi) is 3.07. The molecule has 0 aromatic carbocycles. The Hall–Kier alpha value is -0.870. The Bertz CT molecular complexity index is 364. The molecule has 1 aliphatic heterocycles. The summed E-state index contributed by atoms with van der Waals surface area (Å²) in [5.41, 5.74) is 0.883. The fourth-order valence-electron chi connectivity index (χ4n) is 1.90. The maximum absolute atomic E-state index is 10.9. The molecule has 4 heteroatoms. The van der Waals surface area contributed by atoms with Crippen molar-refractivity contribution < 1.29 is 14.6 Å². The van der Waals surface area contributed by atoms with Crippen LogP contribution in [0.5, 0.6) is 0 Å². The van der Waals surface area contributed by atoms with Crippen LogP contribution in [0.25, 0.3) is 0 Å². The zero-order valence-corrected chi connectivity index (χ0v) is 9.47. The Morgan fingerprint density at radius 3 is 2.73 bits per heavy atom. The first-order chi connectivity index (χ1) is 7.18. The van der Waals surface area contributed by atoms with Crippen molar-refractivity contribution in [3.8, 4) is 0 Å². The third-order valence-corrected chi connectivity index (χ3v) is 4.14. The van der Waals surface area contributed by atoms with Gasteiger partial charge in [-0.05, 0) is 37.3 Å². The van der Waals surface area contributed by atoms with Crippen LogP contribution in [0.2, 0.25) is 0 Å². The maximum atomic E-state index is 10.9. The van der Waals surface area contributed by atoms with Crippen LogP contribution in [0.15, 0.2) is 6.07 Å². The van der Waals surface area contributed by atoms with E-state index < -0.39 is 5.97 Å². The molecule has 1 aromatic heterocycles. The Morgan fingerprint density at radius 2 is 2.20 bits per heavy atom. The highest BCUT2D eigenvalue weighted by atomic mass is 32.1. The predicted octanol–water partition coefficient (Wildman–Crippen LogP) is 2.65. The minimum absolute atomic E-state index is 0.483. The van der Waals surface area contributed by atoms with Gasteiger partial charge in [-0.25, -0.2) is 4.79 Å². The molecule has 3 nitrogen and oxygen atoms in total. The van der Waals surface area contributed by atoms with Gasteiger partial charge in [0.05, 0.1) is 0 Å². The van der Waals surface area contributed by atoms with E-state index in [9.17, 15) is 4.79 Å². The largest absolute Gasteiger partial charge is 0.477 e. The van der Waals surface area contributed by atoms with Crippen LogP contribution in [-0.2, 0) is 4.74 Å². The lowest BCUT2D eigenvalue weighted by atomic mass is 9.98. The van der Waals surface area contributed by atoms with Gasteiger partial charge >= 0.3 is 5.97 Å². The van der Waals surface area contributed by atoms with Gasteiger partial charge in [0.1, 0.15) is 4.88 Å². The monoisotopic (exact) mass is 226 g/mol. The Labute approximate surface area is 92.7 Å². The number of carboxylic acid groups (broad SMARTS) is 1. The van der Waals surface area contributed by atoms with Crippen LogP contribution < -0.4 is 0 Å². The summed E-state index contributed by atoms with van der Waals surface area (Å²) in [6.45, 7) is 3.46. The van der Waals surface area contributed by atoms with Crippen LogP contribution in [0.3, 0.4) is 0 Å². The van der Waals surface area contributed by atoms with Gasteiger partial charge in [-0.15, -0.1) is 11.3 Å². The molecule has 1 aromatic rings. The smallest absolute Gasteiger partial charge is 0.346 e. The first-order valence-electron chi connectivity index (χ1n) is 5.10. The van der Waals surface area contributed by atoms with E-state index in [-0.39, 0.29) is 0 Å². The molecule has 15 heavy (non-hydrogen) atoms. The van der Waals surface area contributed by atoms with Gasteiger partial charge in [-0.2, -0.15) is 0 Å². The van der Waals surface area contributed by atoms with Gasteiger partial charge in [0, 0.05) is 18.1 Å². The van der Waals surface area contributed by atoms with Crippen LogP contribution >= 0.6 is 11.3 Å². The molecule has 0 aliphatic carbocycles. The highest BCUT2D eigenvalue weighted by Gasteiger charge is 2.20. The van der Waals surface area contributed by atoms with E-state index in [2.05, 4.69) is 0 Å². The summed E-state index contributed by atoms with van der Waals surface area (Å²) in [4.78, 5) is 12.6. The number of rotatable bonds is 2. The number of carbonyl (C=O) groups is 1. The standard InChI is InChI=1S/C11H14O3S/c1-7-6-9(15-10(7)11(12)13)8-2-4-14-5-3-8/h6,8H,2-5H2,1H3,(H,12,13). The SMILES string of the molecule is Cc1cc(C2CCOCC2)sc1C(=O)O. The molecule has 2 heterocycles. The number of ether oxygens (including phenoxy) is 1. The second-order valence-corrected chi connectivity index (χ2v) is 4.94. The molecule has 0 amide bonds. The van der Waals surface area contributed by atoms with Gasteiger partial charge in [-0.3, -0.25) is 0 Å². The average molecular weight is 226 g/mol. The maximum Gasteiger partial charge on any atom is 0.346 e. The second kappa shape index (κ2) is 4.33. The summed E-state index contributed by atoms with van der Waals surface area (Å²) in [7, 11) is 0. The van der Waals surface area contributed by atoms with Gasteiger partial charge in [0.25, 0.3) is 0 Å². The summed E-state index contributed by atoms with van der Waals surface area (Å²) < 4.78 is 5.29. The summed E-state index contributed by atoms with van der Waals surface area (Å²) in [5, 5.41) is 8.96. The van der Waals surface area contributed by atoms with Gasteiger partial charge < -0.3 is 9.84 Å². The average Bonchev–Trinajstić information content (AvgIpc) is 2.62. The number of hydrogen-bond acceptors (Lipinski definition) is 3. The molecular formula is C11H14O3S. The minimum atomic E-state index is -0.809. The molecule has 0 atom stereocenters. The summed E-state index contributed by atoms with van der Waals surface area (Å²) in [6.07, 6.45) is 2.03. The molecule has 0 bridgehead atoms. The minimum Gasteiger partial charge on any atom is -0.477 e. The number of carboxylic acids is 1. The van der Waals surface area contributed by atoms with Gasteiger partial charge in [0.2, 0.25) is 0 Å². The summed E-state index contributed by atoms with van der Waals surface area (Å²) >= 11 is 1.42. The Morgan fingerprint density at radius 1 is 1.53 bits per heavy atom. The van der Waals surface area contributed by atoms with Crippen molar-refractivity contribution in [1.29, 1.82) is 0 Å². The topological polar surface area (TPSA) is 46.5 Å². The molecule has 0 unspecified atom stereocenters. The molecule has 0 spiro atoms. The quantitative estimate of drug-likeness (QED) is 0.843. The van der Waals surface area contributed by atoms with E-state index in [0.29, 0.717) is 10.8 Å². The highest BCUT2D eigenvalue weighted by Crippen LogP contribution is 2.34. The van der Waals surface area contributed by atoms with E-state index in [0.717, 1.165) is 31.6 Å². The zero-order valence-electron chi connectivity index (χ0n) is 8.66. The molecule has 1 N–H and O–H groups in total. The van der Waals surface area contributed by atoms with Gasteiger partial charge in [0.15, 0.2) is 0 Å². The fraction of sp³-hybridized carbons (Fsp3) is 0.545. The van der Waals surface area contributed by atoms with E-state index in [1.165, 1.54) is 16.2 Å². The molecular weight excluding hydrogens is 212 g/mol. The van der Waals surface area contributed by atoms with Crippen molar-refractivity contribution in [2.75, 3.05) is 13.2 Å². The summed E-state index contributed by atoms with van der Waals surface area (Å²) in [6, 6.07) is 2.02. The van der Waals surface area contributed by atoms with Crippen molar-refractivity contribution in [1.82, 2.24) is 0 Å². The van der Waals surface area contributed by atoms with Crippen LogP contribution in [-0.4, -0.2) is 24.3 Å². The molecule has 1 aliphatic rings. The first kappa shape index (κ1) is 10.6. The van der Waals surface area contributed by atoms with Crippen molar-refractivity contribution in [2.45, 2.75) is 25.7 Å². The van der Waals surface area contributed by atoms with E-state index in [1.807, 2.05) is 13.0 Å². The van der Waals surface area contributed by atoms with Crippen molar-refractivity contribution in [3.05, 3.63) is 21.4 Å². The second-order valence-electron chi connectivity index (χ2n) is 3.85. The lowest BCUT2D eigenvalue weighted by Gasteiger charge is -2.20. The molecule has 2 rings (SSSR count). The lowest BCUT2D eigenvalue weighted by Crippen LogP contribution is -2.12. The number of hydrogen-bond donors (Lipinski definition) is 1. The molecule has 1 saturated heterocycles. The van der Waals surface area contributed by atoms with Crippen LogP contribution in [0.4, 0.5) is 0 Å². The lowest BCUT2D eigenvalue weighted by molar-refractivity contribution is 0.0701. The van der Waals surface area contributed by atoms with Crippen molar-refractivity contribution in [2.24, 2.45) is 0 Å². The predicted molar refractivity (Wildman–Crippen MR) is 58.8 cm³/mol. The van der Waals surface area contributed by atoms with E-state index in [4.69, 9.17) is 9.84 Å². The summed E-state index contributed by atoms with van der Waals surface area (Å²) in [5.74, 6) is -0.314. The van der Waals surface area contributed by atoms with E-state index >= 15 is 0 Å². The van der Waals surface area contributed by atoms with E-state index in [1.54, 1.807) is 0 Å². The number of thiophene rings is 1. The Balaban J connectivity index is 2.21. The van der Waals surface area contributed by atoms with Crippen molar-refractivity contribution in [3.63, 3.8) is 0 Å². The molecule has 0 saturated carbocycles. The van der Waals surface area contributed by atoms with Crippen LogP contribution in [0, 0.1) is 6.92 Å². The number of aromatic carboxylic acids is 1. The third-order valence-electron chi connectivity index (χ3n) is 2.75. The van der Waals surface area contributed by atoms with Gasteiger partial charge in [-0.1, -0.05) is 0 Å². The molecule has 0 radical (unpaired) electrons. The van der Waals surface area contributed by atoms with Crippen molar-refractivity contribution >= 4 is 17.3 Å². The third kappa shape index (κ3) is 2.21. The van der Waals surface area contributed by atoms with Crippen LogP contribution in [0.1, 0.15) is 38.9 Å². The first-order valence-corrected chi connectivity index (χ1v) is 5.91. The molecule has 1 fully saturated rings. The highest BCUT2D eigenvalue weighted by molar-refractivity contribution is 7.14.